The highest BCUT2D eigenvalue weighted by molar-refractivity contribution is 9.10. The summed E-state index contributed by atoms with van der Waals surface area (Å²) in [5.41, 5.74) is 7.46. The summed E-state index contributed by atoms with van der Waals surface area (Å²) < 4.78 is 36.6. The van der Waals surface area contributed by atoms with Gasteiger partial charge in [-0.15, -0.1) is 0 Å². The van der Waals surface area contributed by atoms with E-state index in [9.17, 15) is 12.8 Å². The Kier molecular flexibility index (Phi) is 3.64. The summed E-state index contributed by atoms with van der Waals surface area (Å²) in [5, 5.41) is 0. The lowest BCUT2D eigenvalue weighted by Crippen LogP contribution is -1.97. The van der Waals surface area contributed by atoms with E-state index in [4.69, 9.17) is 5.73 Å². The third-order valence-corrected chi connectivity index (χ3v) is 4.47. The standard InChI is InChI=1S/C13H11BrFNO2S/c1-19(17,18)10-4-2-8(3-5-10)11-6-9(15)7-12(14)13(11)16/h2-7H,16H2,1H3. The van der Waals surface area contributed by atoms with Crippen LogP contribution in [-0.2, 0) is 9.84 Å². The van der Waals surface area contributed by atoms with E-state index in [1.165, 1.54) is 24.3 Å². The van der Waals surface area contributed by atoms with Gasteiger partial charge >= 0.3 is 0 Å². The van der Waals surface area contributed by atoms with Gasteiger partial charge in [0.25, 0.3) is 0 Å². The molecule has 19 heavy (non-hydrogen) atoms. The largest absolute Gasteiger partial charge is 0.397 e. The van der Waals surface area contributed by atoms with E-state index in [0.29, 0.717) is 21.3 Å². The highest BCUT2D eigenvalue weighted by Crippen LogP contribution is 2.33. The van der Waals surface area contributed by atoms with Crippen LogP contribution in [0.4, 0.5) is 10.1 Å². The van der Waals surface area contributed by atoms with Crippen molar-refractivity contribution in [2.45, 2.75) is 4.90 Å². The quantitative estimate of drug-likeness (QED) is 0.851. The smallest absolute Gasteiger partial charge is 0.175 e. The summed E-state index contributed by atoms with van der Waals surface area (Å²) in [6, 6.07) is 8.76. The number of nitrogen functional groups attached to an aromatic ring is 1. The number of halogens is 2. The van der Waals surface area contributed by atoms with Gasteiger partial charge in [0.15, 0.2) is 9.84 Å². The average Bonchev–Trinajstić information content (AvgIpc) is 2.33. The van der Waals surface area contributed by atoms with Gasteiger partial charge in [-0.1, -0.05) is 12.1 Å². The van der Waals surface area contributed by atoms with E-state index >= 15 is 0 Å². The molecule has 0 bridgehead atoms. The molecule has 0 unspecified atom stereocenters. The molecule has 6 heteroatoms. The Morgan fingerprint density at radius 2 is 1.74 bits per heavy atom. The van der Waals surface area contributed by atoms with Crippen molar-refractivity contribution < 1.29 is 12.8 Å². The van der Waals surface area contributed by atoms with Crippen LogP contribution in [0.5, 0.6) is 0 Å². The molecule has 0 spiro atoms. The van der Waals surface area contributed by atoms with E-state index < -0.39 is 15.7 Å². The van der Waals surface area contributed by atoms with E-state index in [1.54, 1.807) is 12.1 Å². The zero-order valence-electron chi connectivity index (χ0n) is 10.0. The van der Waals surface area contributed by atoms with Crippen LogP contribution >= 0.6 is 15.9 Å². The molecule has 0 saturated carbocycles. The molecule has 2 aromatic carbocycles. The second-order valence-electron chi connectivity index (χ2n) is 4.15. The first-order valence-electron chi connectivity index (χ1n) is 5.34. The molecule has 0 aliphatic heterocycles. The molecule has 0 fully saturated rings. The summed E-state index contributed by atoms with van der Waals surface area (Å²) >= 11 is 3.18. The van der Waals surface area contributed by atoms with Gasteiger partial charge in [-0.2, -0.15) is 0 Å². The molecule has 3 nitrogen and oxygen atoms in total. The lowest BCUT2D eigenvalue weighted by atomic mass is 10.0. The van der Waals surface area contributed by atoms with Crippen LogP contribution in [0.3, 0.4) is 0 Å². The first-order valence-corrected chi connectivity index (χ1v) is 8.02. The van der Waals surface area contributed by atoms with E-state index in [1.807, 2.05) is 0 Å². The van der Waals surface area contributed by atoms with Crippen molar-refractivity contribution >= 4 is 31.5 Å². The molecule has 100 valence electrons. The molecule has 2 aromatic rings. The van der Waals surface area contributed by atoms with Gasteiger partial charge in [-0.25, -0.2) is 12.8 Å². The Bertz CT molecular complexity index is 727. The second kappa shape index (κ2) is 4.94. The predicted octanol–water partition coefficient (Wildman–Crippen LogP) is 3.24. The predicted molar refractivity (Wildman–Crippen MR) is 77.1 cm³/mol. The summed E-state index contributed by atoms with van der Waals surface area (Å²) in [6.07, 6.45) is 1.13. The van der Waals surface area contributed by atoms with Crippen LogP contribution in [0, 0.1) is 5.82 Å². The Labute approximate surface area is 119 Å². The van der Waals surface area contributed by atoms with Gasteiger partial charge in [-0.3, -0.25) is 0 Å². The lowest BCUT2D eigenvalue weighted by Gasteiger charge is -2.09. The summed E-state index contributed by atoms with van der Waals surface area (Å²) in [6.45, 7) is 0. The topological polar surface area (TPSA) is 60.2 Å². The van der Waals surface area contributed by atoms with Gasteiger partial charge < -0.3 is 5.73 Å². The number of benzene rings is 2. The molecule has 2 N–H and O–H groups in total. The number of hydrogen-bond acceptors (Lipinski definition) is 3. The van der Waals surface area contributed by atoms with Gasteiger partial charge in [0, 0.05) is 16.3 Å². The van der Waals surface area contributed by atoms with Crippen molar-refractivity contribution in [2.75, 3.05) is 12.0 Å². The van der Waals surface area contributed by atoms with Gasteiger partial charge in [0.2, 0.25) is 0 Å². The van der Waals surface area contributed by atoms with Crippen molar-refractivity contribution in [1.29, 1.82) is 0 Å². The summed E-state index contributed by atoms with van der Waals surface area (Å²) in [7, 11) is -3.24. The molecule has 2 rings (SSSR count). The third-order valence-electron chi connectivity index (χ3n) is 2.69. The van der Waals surface area contributed by atoms with Crippen molar-refractivity contribution in [3.8, 4) is 11.1 Å². The first-order chi connectivity index (χ1) is 8.79. The number of anilines is 1. The monoisotopic (exact) mass is 343 g/mol. The fraction of sp³-hybridized carbons (Fsp3) is 0.0769. The lowest BCUT2D eigenvalue weighted by molar-refractivity contribution is 0.602. The average molecular weight is 344 g/mol. The fourth-order valence-corrected chi connectivity index (χ4v) is 2.77. The molecule has 0 amide bonds. The van der Waals surface area contributed by atoms with Crippen LogP contribution in [0.1, 0.15) is 0 Å². The fourth-order valence-electron chi connectivity index (χ4n) is 1.71. The number of nitrogens with two attached hydrogens (primary N) is 1. The maximum Gasteiger partial charge on any atom is 0.175 e. The van der Waals surface area contributed by atoms with Crippen LogP contribution in [0.15, 0.2) is 45.8 Å². The van der Waals surface area contributed by atoms with E-state index in [-0.39, 0.29) is 4.90 Å². The number of hydrogen-bond donors (Lipinski definition) is 1. The molecule has 0 radical (unpaired) electrons. The van der Waals surface area contributed by atoms with Crippen LogP contribution in [0.2, 0.25) is 0 Å². The molecule has 0 aliphatic rings. The number of sulfone groups is 1. The number of rotatable bonds is 2. The minimum atomic E-state index is -3.24. The Balaban J connectivity index is 2.55. The van der Waals surface area contributed by atoms with Crippen molar-refractivity contribution in [1.82, 2.24) is 0 Å². The zero-order chi connectivity index (χ0) is 14.2. The van der Waals surface area contributed by atoms with Gasteiger partial charge in [0.1, 0.15) is 5.82 Å². The Hall–Kier alpha value is -1.40. The van der Waals surface area contributed by atoms with Crippen molar-refractivity contribution in [3.63, 3.8) is 0 Å². The van der Waals surface area contributed by atoms with Crippen molar-refractivity contribution in [3.05, 3.63) is 46.7 Å². The molecule has 0 atom stereocenters. The van der Waals surface area contributed by atoms with Crippen molar-refractivity contribution in [2.24, 2.45) is 0 Å². The second-order valence-corrected chi connectivity index (χ2v) is 7.02. The van der Waals surface area contributed by atoms with Gasteiger partial charge in [-0.05, 0) is 45.8 Å². The summed E-state index contributed by atoms with van der Waals surface area (Å²) in [5.74, 6) is -0.414. The Morgan fingerprint density at radius 3 is 2.26 bits per heavy atom. The van der Waals surface area contributed by atoms with Crippen LogP contribution in [-0.4, -0.2) is 14.7 Å². The maximum absolute atomic E-state index is 13.4. The van der Waals surface area contributed by atoms with Crippen LogP contribution < -0.4 is 5.73 Å². The molecule has 0 heterocycles. The SMILES string of the molecule is CS(=O)(=O)c1ccc(-c2cc(F)cc(Br)c2N)cc1. The highest BCUT2D eigenvalue weighted by atomic mass is 79.9. The maximum atomic E-state index is 13.4. The molecule has 0 aromatic heterocycles. The highest BCUT2D eigenvalue weighted by Gasteiger charge is 2.11. The minimum Gasteiger partial charge on any atom is -0.397 e. The zero-order valence-corrected chi connectivity index (χ0v) is 12.4. The minimum absolute atomic E-state index is 0.213. The normalized spacial score (nSPS) is 11.5. The van der Waals surface area contributed by atoms with Crippen LogP contribution in [0.25, 0.3) is 11.1 Å². The van der Waals surface area contributed by atoms with E-state index in [2.05, 4.69) is 15.9 Å². The summed E-state index contributed by atoms with van der Waals surface area (Å²) in [4.78, 5) is 0.213. The molecular formula is C13H11BrFNO2S. The van der Waals surface area contributed by atoms with E-state index in [0.717, 1.165) is 6.26 Å². The molecule has 0 aliphatic carbocycles. The Morgan fingerprint density at radius 1 is 1.16 bits per heavy atom. The van der Waals surface area contributed by atoms with Gasteiger partial charge in [0.05, 0.1) is 10.6 Å². The molecular weight excluding hydrogens is 333 g/mol. The molecule has 0 saturated heterocycles. The third kappa shape index (κ3) is 2.96. The first kappa shape index (κ1) is 14.0.